The van der Waals surface area contributed by atoms with Crippen molar-refractivity contribution >= 4 is 23.9 Å². The van der Waals surface area contributed by atoms with Gasteiger partial charge in [0, 0.05) is 7.05 Å². The molecule has 1 aliphatic rings. The van der Waals surface area contributed by atoms with Gasteiger partial charge in [0.1, 0.15) is 18.3 Å². The summed E-state index contributed by atoms with van der Waals surface area (Å²) in [6, 6.07) is 6.87. The van der Waals surface area contributed by atoms with Crippen LogP contribution in [0.25, 0.3) is 0 Å². The highest BCUT2D eigenvalue weighted by Gasteiger charge is 2.35. The Kier molecular flexibility index (Phi) is 12.2. The molecule has 0 aliphatic heterocycles. The molecule has 0 heterocycles. The summed E-state index contributed by atoms with van der Waals surface area (Å²) in [6.07, 6.45) is 6.07. The summed E-state index contributed by atoms with van der Waals surface area (Å²) in [5, 5.41) is 5.30. The van der Waals surface area contributed by atoms with Gasteiger partial charge in [0.2, 0.25) is 0 Å². The van der Waals surface area contributed by atoms with Crippen LogP contribution in [0, 0.1) is 29.8 Å². The fraction of sp³-hybridized carbons (Fsp3) is 0.375. The number of allylic oxidation sites excluding steroid dienone is 1. The fourth-order valence-corrected chi connectivity index (χ4v) is 2.50. The van der Waals surface area contributed by atoms with Gasteiger partial charge in [-0.1, -0.05) is 32.9 Å². The van der Waals surface area contributed by atoms with Gasteiger partial charge in [-0.05, 0) is 61.4 Å². The first-order valence-electron chi connectivity index (χ1n) is 9.88. The zero-order valence-electron chi connectivity index (χ0n) is 18.5. The number of hydrogen-bond donors (Lipinski definition) is 2. The number of anilines is 3. The summed E-state index contributed by atoms with van der Waals surface area (Å²) in [7, 11) is 1.57. The molecule has 6 heteroatoms. The van der Waals surface area contributed by atoms with Crippen LogP contribution in [0.3, 0.4) is 0 Å². The Hall–Kier alpha value is -2.76. The highest BCUT2D eigenvalue weighted by Crippen LogP contribution is 2.48. The van der Waals surface area contributed by atoms with Crippen molar-refractivity contribution < 1.29 is 18.0 Å². The Balaban J connectivity index is 0.000000636. The second-order valence-corrected chi connectivity index (χ2v) is 6.95. The van der Waals surface area contributed by atoms with Crippen LogP contribution in [0.1, 0.15) is 45.6 Å². The molecule has 0 atom stereocenters. The van der Waals surface area contributed by atoms with E-state index in [0.717, 1.165) is 11.6 Å². The number of nitrogens with one attached hydrogen (secondary N) is 2. The highest BCUT2D eigenvalue weighted by atomic mass is 19.2. The number of hydrogen-bond acceptors (Lipinski definition) is 3. The lowest BCUT2D eigenvalue weighted by Gasteiger charge is -2.14. The number of carbonyl (C=O) groups excluding carboxylic acids is 1. The molecule has 0 radical (unpaired) electrons. The van der Waals surface area contributed by atoms with Crippen molar-refractivity contribution in [2.45, 2.75) is 47.0 Å². The summed E-state index contributed by atoms with van der Waals surface area (Å²) < 4.78 is 40.7. The molecule has 0 bridgehead atoms. The zero-order chi connectivity index (χ0) is 23.3. The van der Waals surface area contributed by atoms with E-state index in [1.807, 2.05) is 26.7 Å². The maximum atomic E-state index is 13.7. The molecule has 2 aromatic carbocycles. The van der Waals surface area contributed by atoms with Crippen molar-refractivity contribution in [2.24, 2.45) is 5.41 Å². The standard InChI is InChI=1S/C14H13F3N2.C7H12.C2H6.CH2O/c1-8-3-5-11(10(16)7-8)19-14-12(18-2)6-4-9(15)13(14)17;1-3-4-7(2)5-6-7;2*1-2/h3-7,18-19H,1-2H3;3H,1,4-6H2,2H3;1-2H3;1H2. The third-order valence-corrected chi connectivity index (χ3v) is 4.49. The van der Waals surface area contributed by atoms with Gasteiger partial charge in [-0.25, -0.2) is 13.2 Å². The lowest BCUT2D eigenvalue weighted by Crippen LogP contribution is -2.03. The largest absolute Gasteiger partial charge is 0.386 e. The average Bonchev–Trinajstić information content (AvgIpc) is 3.48. The molecular formula is C24H33F3N2O. The summed E-state index contributed by atoms with van der Waals surface area (Å²) in [4.78, 5) is 8.00. The molecule has 2 N–H and O–H groups in total. The van der Waals surface area contributed by atoms with Crippen molar-refractivity contribution in [1.82, 2.24) is 0 Å². The van der Waals surface area contributed by atoms with Gasteiger partial charge in [0.05, 0.1) is 11.4 Å². The number of halogens is 3. The smallest absolute Gasteiger partial charge is 0.184 e. The minimum absolute atomic E-state index is 0.0894. The molecule has 2 aromatic rings. The van der Waals surface area contributed by atoms with Crippen molar-refractivity contribution in [3.63, 3.8) is 0 Å². The predicted octanol–water partition coefficient (Wildman–Crippen LogP) is 7.40. The van der Waals surface area contributed by atoms with Gasteiger partial charge >= 0.3 is 0 Å². The van der Waals surface area contributed by atoms with Crippen molar-refractivity contribution in [1.29, 1.82) is 0 Å². The Morgan fingerprint density at radius 3 is 2.03 bits per heavy atom. The van der Waals surface area contributed by atoms with E-state index in [4.69, 9.17) is 4.79 Å². The van der Waals surface area contributed by atoms with E-state index in [1.165, 1.54) is 37.5 Å². The van der Waals surface area contributed by atoms with Crippen molar-refractivity contribution in [3.05, 3.63) is 66.0 Å². The first-order chi connectivity index (χ1) is 14.3. The third-order valence-electron chi connectivity index (χ3n) is 4.49. The SMILES string of the molecule is C=CCC1(C)CC1.C=O.CC.CNc1ccc(F)c(F)c1Nc1ccc(C)cc1F. The van der Waals surface area contributed by atoms with E-state index in [2.05, 4.69) is 24.1 Å². The normalized spacial score (nSPS) is 12.5. The van der Waals surface area contributed by atoms with Crippen LogP contribution in [0.15, 0.2) is 43.0 Å². The van der Waals surface area contributed by atoms with E-state index in [0.29, 0.717) is 11.1 Å². The lowest BCUT2D eigenvalue weighted by molar-refractivity contribution is -0.0979. The van der Waals surface area contributed by atoms with Crippen LogP contribution in [0.4, 0.5) is 30.2 Å². The van der Waals surface area contributed by atoms with Gasteiger partial charge < -0.3 is 15.4 Å². The zero-order valence-corrected chi connectivity index (χ0v) is 18.5. The van der Waals surface area contributed by atoms with Gasteiger partial charge in [-0.3, -0.25) is 0 Å². The highest BCUT2D eigenvalue weighted by molar-refractivity contribution is 5.75. The summed E-state index contributed by atoms with van der Waals surface area (Å²) in [5.74, 6) is -2.56. The number of carbonyl (C=O) groups is 1. The van der Waals surface area contributed by atoms with E-state index in [-0.39, 0.29) is 11.4 Å². The minimum atomic E-state index is -1.05. The molecule has 0 unspecified atom stereocenters. The molecule has 1 aliphatic carbocycles. The lowest BCUT2D eigenvalue weighted by atomic mass is 10.1. The molecule has 3 nitrogen and oxygen atoms in total. The molecule has 166 valence electrons. The van der Waals surface area contributed by atoms with Gasteiger partial charge in [-0.2, -0.15) is 0 Å². The van der Waals surface area contributed by atoms with Crippen LogP contribution < -0.4 is 10.6 Å². The second kappa shape index (κ2) is 13.5. The van der Waals surface area contributed by atoms with Crippen LogP contribution in [-0.2, 0) is 4.79 Å². The second-order valence-electron chi connectivity index (χ2n) is 6.95. The molecule has 0 amide bonds. The quantitative estimate of drug-likeness (QED) is 0.493. The number of aryl methyl sites for hydroxylation is 1. The average molecular weight is 423 g/mol. The molecule has 3 rings (SSSR count). The Bertz CT molecular complexity index is 805. The van der Waals surface area contributed by atoms with E-state index in [9.17, 15) is 13.2 Å². The van der Waals surface area contributed by atoms with Crippen LogP contribution in [-0.4, -0.2) is 13.8 Å². The van der Waals surface area contributed by atoms with Crippen molar-refractivity contribution in [2.75, 3.05) is 17.7 Å². The monoisotopic (exact) mass is 422 g/mol. The molecule has 30 heavy (non-hydrogen) atoms. The van der Waals surface area contributed by atoms with Gasteiger partial charge in [0.25, 0.3) is 0 Å². The Morgan fingerprint density at radius 1 is 1.03 bits per heavy atom. The molecule has 1 fully saturated rings. The molecule has 0 aromatic heterocycles. The minimum Gasteiger partial charge on any atom is -0.386 e. The first-order valence-corrected chi connectivity index (χ1v) is 9.88. The molecular weight excluding hydrogens is 389 g/mol. The summed E-state index contributed by atoms with van der Waals surface area (Å²) in [6.45, 7) is 13.7. The summed E-state index contributed by atoms with van der Waals surface area (Å²) in [5.41, 5.74) is 1.74. The van der Waals surface area contributed by atoms with Crippen LogP contribution in [0.2, 0.25) is 0 Å². The maximum absolute atomic E-state index is 13.7. The van der Waals surface area contributed by atoms with E-state index < -0.39 is 17.5 Å². The molecule has 1 saturated carbocycles. The topological polar surface area (TPSA) is 41.1 Å². The first kappa shape index (κ1) is 27.2. The Labute approximate surface area is 178 Å². The van der Waals surface area contributed by atoms with Crippen LogP contribution >= 0.6 is 0 Å². The third kappa shape index (κ3) is 8.31. The van der Waals surface area contributed by atoms with Crippen LogP contribution in [0.5, 0.6) is 0 Å². The van der Waals surface area contributed by atoms with E-state index in [1.54, 1.807) is 20.0 Å². The van der Waals surface area contributed by atoms with E-state index >= 15 is 0 Å². The number of benzene rings is 2. The Morgan fingerprint density at radius 2 is 1.60 bits per heavy atom. The summed E-state index contributed by atoms with van der Waals surface area (Å²) >= 11 is 0. The number of rotatable bonds is 5. The predicted molar refractivity (Wildman–Crippen MR) is 121 cm³/mol. The molecule has 0 saturated heterocycles. The molecule has 0 spiro atoms. The van der Waals surface area contributed by atoms with Gasteiger partial charge in [0.15, 0.2) is 11.6 Å². The van der Waals surface area contributed by atoms with Gasteiger partial charge in [-0.15, -0.1) is 6.58 Å². The van der Waals surface area contributed by atoms with Crippen molar-refractivity contribution in [3.8, 4) is 0 Å². The fourth-order valence-electron chi connectivity index (χ4n) is 2.50. The maximum Gasteiger partial charge on any atom is 0.184 e.